The Balaban J connectivity index is 0.000000254. The molecule has 1 aliphatic heterocycles. The van der Waals surface area contributed by atoms with Crippen molar-refractivity contribution in [2.45, 2.75) is 18.9 Å². The topological polar surface area (TPSA) is 86.6 Å². The van der Waals surface area contributed by atoms with Gasteiger partial charge in [-0.2, -0.15) is 0 Å². The van der Waals surface area contributed by atoms with E-state index in [2.05, 4.69) is 5.32 Å². The fraction of sp³-hybridized carbons (Fsp3) is 0.263. The maximum Gasteiger partial charge on any atom is 0.321 e. The van der Waals surface area contributed by atoms with Gasteiger partial charge in [0.05, 0.1) is 5.92 Å². The van der Waals surface area contributed by atoms with Gasteiger partial charge < -0.3 is 10.2 Å². The summed E-state index contributed by atoms with van der Waals surface area (Å²) in [5.74, 6) is -1.32. The number of carboxylic acid groups (broad SMARTS) is 2. The molecule has 2 aromatic rings. The Bertz CT molecular complexity index is 763. The van der Waals surface area contributed by atoms with Gasteiger partial charge in [-0.15, -0.1) is 11.8 Å². The van der Waals surface area contributed by atoms with E-state index in [1.807, 2.05) is 30.3 Å². The van der Waals surface area contributed by atoms with Gasteiger partial charge in [-0.25, -0.2) is 4.39 Å². The van der Waals surface area contributed by atoms with Crippen LogP contribution in [0.3, 0.4) is 0 Å². The molecule has 1 fully saturated rings. The molecule has 7 heteroatoms. The molecule has 0 aliphatic carbocycles. The second-order valence-corrected chi connectivity index (χ2v) is 6.81. The third-order valence-corrected chi connectivity index (χ3v) is 4.90. The number of thioether (sulfide) groups is 1. The molecule has 1 heterocycles. The summed E-state index contributed by atoms with van der Waals surface area (Å²) in [5.41, 5.74) is 1.74. The summed E-state index contributed by atoms with van der Waals surface area (Å²) in [4.78, 5) is 21.0. The zero-order chi connectivity index (χ0) is 19.1. The van der Waals surface area contributed by atoms with Crippen LogP contribution >= 0.6 is 11.8 Å². The molecule has 0 bridgehead atoms. The van der Waals surface area contributed by atoms with E-state index in [1.165, 1.54) is 6.07 Å². The van der Waals surface area contributed by atoms with Crippen molar-refractivity contribution in [3.05, 3.63) is 59.9 Å². The zero-order valence-corrected chi connectivity index (χ0v) is 15.0. The Morgan fingerprint density at radius 1 is 1.19 bits per heavy atom. The molecule has 0 amide bonds. The SMILES string of the molecule is CC(C(=O)O)c1ccc(-c2ccccc2)c(F)c1.O=C(O)C1CSCN1. The molecule has 1 aliphatic rings. The van der Waals surface area contributed by atoms with E-state index in [0.717, 1.165) is 11.4 Å². The smallest absolute Gasteiger partial charge is 0.321 e. The van der Waals surface area contributed by atoms with Crippen LogP contribution in [-0.2, 0) is 9.59 Å². The van der Waals surface area contributed by atoms with Gasteiger partial charge in [0.2, 0.25) is 0 Å². The van der Waals surface area contributed by atoms with E-state index in [-0.39, 0.29) is 6.04 Å². The van der Waals surface area contributed by atoms with Crippen molar-refractivity contribution in [3.63, 3.8) is 0 Å². The van der Waals surface area contributed by atoms with Crippen molar-refractivity contribution in [1.82, 2.24) is 5.32 Å². The lowest BCUT2D eigenvalue weighted by Gasteiger charge is -2.09. The minimum Gasteiger partial charge on any atom is -0.481 e. The lowest BCUT2D eigenvalue weighted by Crippen LogP contribution is -2.32. The first kappa shape index (κ1) is 19.9. The van der Waals surface area contributed by atoms with Crippen LogP contribution in [0.4, 0.5) is 4.39 Å². The minimum atomic E-state index is -0.957. The lowest BCUT2D eigenvalue weighted by atomic mass is 9.97. The van der Waals surface area contributed by atoms with Crippen LogP contribution in [0.15, 0.2) is 48.5 Å². The molecule has 2 unspecified atom stereocenters. The molecule has 0 radical (unpaired) electrons. The fourth-order valence-electron chi connectivity index (χ4n) is 2.35. The number of hydrogen-bond donors (Lipinski definition) is 3. The average molecular weight is 377 g/mol. The predicted octanol–water partition coefficient (Wildman–Crippen LogP) is 3.41. The summed E-state index contributed by atoms with van der Waals surface area (Å²) >= 11 is 1.62. The summed E-state index contributed by atoms with van der Waals surface area (Å²) < 4.78 is 14.0. The van der Waals surface area contributed by atoms with Crippen molar-refractivity contribution in [2.75, 3.05) is 11.6 Å². The van der Waals surface area contributed by atoms with Crippen LogP contribution in [-0.4, -0.2) is 39.8 Å². The van der Waals surface area contributed by atoms with E-state index in [0.29, 0.717) is 16.9 Å². The molecule has 1 saturated heterocycles. The Hall–Kier alpha value is -2.38. The van der Waals surface area contributed by atoms with E-state index in [1.54, 1.807) is 30.8 Å². The largest absolute Gasteiger partial charge is 0.481 e. The number of nitrogens with one attached hydrogen (secondary N) is 1. The van der Waals surface area contributed by atoms with Gasteiger partial charge in [-0.3, -0.25) is 14.9 Å². The highest BCUT2D eigenvalue weighted by Crippen LogP contribution is 2.26. The summed E-state index contributed by atoms with van der Waals surface area (Å²) in [6.07, 6.45) is 0. The zero-order valence-electron chi connectivity index (χ0n) is 14.2. The highest BCUT2D eigenvalue weighted by molar-refractivity contribution is 7.99. The van der Waals surface area contributed by atoms with Gasteiger partial charge in [-0.1, -0.05) is 42.5 Å². The van der Waals surface area contributed by atoms with Gasteiger partial charge >= 0.3 is 11.9 Å². The second kappa shape index (κ2) is 9.35. The van der Waals surface area contributed by atoms with Crippen molar-refractivity contribution >= 4 is 23.7 Å². The Kier molecular flexibility index (Phi) is 7.17. The van der Waals surface area contributed by atoms with Gasteiger partial charge in [-0.05, 0) is 24.1 Å². The maximum absolute atomic E-state index is 14.0. The Morgan fingerprint density at radius 2 is 1.88 bits per heavy atom. The number of benzene rings is 2. The number of carboxylic acids is 2. The predicted molar refractivity (Wildman–Crippen MR) is 99.8 cm³/mol. The summed E-state index contributed by atoms with van der Waals surface area (Å²) in [6.45, 7) is 1.54. The second-order valence-electron chi connectivity index (χ2n) is 5.78. The molecule has 2 atom stereocenters. The summed E-state index contributed by atoms with van der Waals surface area (Å²) in [6, 6.07) is 13.4. The van der Waals surface area contributed by atoms with Crippen LogP contribution in [0.1, 0.15) is 18.4 Å². The average Bonchev–Trinajstić information content (AvgIpc) is 3.17. The van der Waals surface area contributed by atoms with Crippen molar-refractivity contribution in [1.29, 1.82) is 0 Å². The van der Waals surface area contributed by atoms with Crippen LogP contribution < -0.4 is 5.32 Å². The molecule has 26 heavy (non-hydrogen) atoms. The molecule has 138 valence electrons. The fourth-order valence-corrected chi connectivity index (χ4v) is 3.28. The first-order chi connectivity index (χ1) is 12.4. The molecule has 0 saturated carbocycles. The number of halogens is 1. The Labute approximate surface area is 155 Å². The van der Waals surface area contributed by atoms with Crippen LogP contribution in [0.2, 0.25) is 0 Å². The standard InChI is InChI=1S/C15H13FO2.C4H7NO2S/c1-10(15(17)18)12-7-8-13(14(16)9-12)11-5-3-2-4-6-11;6-4(7)3-1-8-2-5-3/h2-10H,1H3,(H,17,18);3,5H,1-2H2,(H,6,7). The third-order valence-electron chi connectivity index (χ3n) is 3.96. The number of hydrogen-bond acceptors (Lipinski definition) is 4. The Morgan fingerprint density at radius 3 is 2.35 bits per heavy atom. The van der Waals surface area contributed by atoms with E-state index >= 15 is 0 Å². The number of rotatable bonds is 4. The van der Waals surface area contributed by atoms with Gasteiger partial charge in [0.15, 0.2) is 0 Å². The van der Waals surface area contributed by atoms with Crippen molar-refractivity contribution < 1.29 is 24.2 Å². The first-order valence-electron chi connectivity index (χ1n) is 8.01. The van der Waals surface area contributed by atoms with Crippen LogP contribution in [0.5, 0.6) is 0 Å². The lowest BCUT2D eigenvalue weighted by molar-refractivity contribution is -0.139. The third kappa shape index (κ3) is 5.31. The first-order valence-corrected chi connectivity index (χ1v) is 9.17. The minimum absolute atomic E-state index is 0.306. The highest BCUT2D eigenvalue weighted by Gasteiger charge is 2.20. The van der Waals surface area contributed by atoms with Crippen molar-refractivity contribution in [2.24, 2.45) is 0 Å². The molecule has 2 aromatic carbocycles. The van der Waals surface area contributed by atoms with Crippen molar-refractivity contribution in [3.8, 4) is 11.1 Å². The molecular weight excluding hydrogens is 357 g/mol. The maximum atomic E-state index is 14.0. The van der Waals surface area contributed by atoms with Crippen LogP contribution in [0, 0.1) is 5.82 Å². The normalized spacial score (nSPS) is 17.1. The van der Waals surface area contributed by atoms with Gasteiger partial charge in [0.1, 0.15) is 11.9 Å². The summed E-state index contributed by atoms with van der Waals surface area (Å²) in [5, 5.41) is 20.0. The highest BCUT2D eigenvalue weighted by atomic mass is 32.2. The quantitative estimate of drug-likeness (QED) is 0.757. The van der Waals surface area contributed by atoms with E-state index in [9.17, 15) is 14.0 Å². The van der Waals surface area contributed by atoms with Gasteiger partial charge in [0, 0.05) is 17.2 Å². The molecule has 0 aromatic heterocycles. The van der Waals surface area contributed by atoms with E-state index in [4.69, 9.17) is 10.2 Å². The number of carbonyl (C=O) groups is 2. The molecular formula is C19H20FNO4S. The van der Waals surface area contributed by atoms with Crippen LogP contribution in [0.25, 0.3) is 11.1 Å². The van der Waals surface area contributed by atoms with E-state index < -0.39 is 23.7 Å². The number of aliphatic carboxylic acids is 2. The molecule has 3 N–H and O–H groups in total. The molecule has 3 rings (SSSR count). The summed E-state index contributed by atoms with van der Waals surface area (Å²) in [7, 11) is 0. The van der Waals surface area contributed by atoms with Gasteiger partial charge in [0.25, 0.3) is 0 Å². The molecule has 0 spiro atoms. The monoisotopic (exact) mass is 377 g/mol. The molecule has 5 nitrogen and oxygen atoms in total.